The standard InChI is InChI=1S/C14H11ClN6/c15-14-19-12-11(17-9-18-12)13(20-14)21(8-4-7-16)10-5-2-1-3-6-10/h1-3,5-6,9H,4,8H2,(H,17,18,19,20). The van der Waals surface area contributed by atoms with Crippen LogP contribution in [0.5, 0.6) is 0 Å². The summed E-state index contributed by atoms with van der Waals surface area (Å²) in [6.07, 6.45) is 1.92. The largest absolute Gasteiger partial charge is 0.340 e. The number of rotatable bonds is 4. The van der Waals surface area contributed by atoms with Crippen molar-refractivity contribution in [3.63, 3.8) is 0 Å². The van der Waals surface area contributed by atoms with Crippen LogP contribution in [0.25, 0.3) is 11.2 Å². The lowest BCUT2D eigenvalue weighted by molar-refractivity contribution is 0.926. The van der Waals surface area contributed by atoms with Gasteiger partial charge in [0.2, 0.25) is 5.28 Å². The second-order valence-corrected chi connectivity index (χ2v) is 4.65. The number of para-hydroxylation sites is 1. The Morgan fingerprint density at radius 2 is 2.05 bits per heavy atom. The molecule has 0 spiro atoms. The molecule has 0 aliphatic rings. The number of imidazole rings is 1. The lowest BCUT2D eigenvalue weighted by atomic mass is 10.2. The average Bonchev–Trinajstić information content (AvgIpc) is 2.96. The van der Waals surface area contributed by atoms with E-state index in [2.05, 4.69) is 26.0 Å². The fourth-order valence-electron chi connectivity index (χ4n) is 2.11. The molecule has 0 saturated carbocycles. The smallest absolute Gasteiger partial charge is 0.226 e. The van der Waals surface area contributed by atoms with E-state index in [-0.39, 0.29) is 5.28 Å². The topological polar surface area (TPSA) is 81.5 Å². The molecule has 104 valence electrons. The van der Waals surface area contributed by atoms with Gasteiger partial charge in [-0.2, -0.15) is 15.2 Å². The van der Waals surface area contributed by atoms with Crippen molar-refractivity contribution < 1.29 is 0 Å². The van der Waals surface area contributed by atoms with E-state index in [0.717, 1.165) is 5.69 Å². The molecule has 3 aromatic rings. The molecular formula is C14H11ClN6. The monoisotopic (exact) mass is 298 g/mol. The number of benzene rings is 1. The average molecular weight is 299 g/mol. The van der Waals surface area contributed by atoms with E-state index in [1.54, 1.807) is 6.33 Å². The van der Waals surface area contributed by atoms with E-state index in [4.69, 9.17) is 16.9 Å². The van der Waals surface area contributed by atoms with Crippen LogP contribution in [0.4, 0.5) is 11.5 Å². The van der Waals surface area contributed by atoms with Crippen LogP contribution >= 0.6 is 11.6 Å². The van der Waals surface area contributed by atoms with E-state index in [9.17, 15) is 0 Å². The molecule has 1 aromatic carbocycles. The molecule has 0 aliphatic carbocycles. The van der Waals surface area contributed by atoms with Gasteiger partial charge in [-0.1, -0.05) is 18.2 Å². The van der Waals surface area contributed by atoms with Crippen molar-refractivity contribution in [2.24, 2.45) is 0 Å². The molecule has 0 saturated heterocycles. The first kappa shape index (κ1) is 13.3. The Labute approximate surface area is 126 Å². The zero-order valence-corrected chi connectivity index (χ0v) is 11.7. The summed E-state index contributed by atoms with van der Waals surface area (Å²) >= 11 is 5.98. The number of aromatic amines is 1. The highest BCUT2D eigenvalue weighted by molar-refractivity contribution is 6.28. The van der Waals surface area contributed by atoms with Crippen molar-refractivity contribution in [2.45, 2.75) is 6.42 Å². The predicted molar refractivity (Wildman–Crippen MR) is 80.4 cm³/mol. The van der Waals surface area contributed by atoms with Gasteiger partial charge in [0.25, 0.3) is 0 Å². The Bertz CT molecular complexity index is 792. The Hall–Kier alpha value is -2.65. The molecule has 2 aromatic heterocycles. The third-order valence-corrected chi connectivity index (χ3v) is 3.18. The minimum absolute atomic E-state index is 0.127. The summed E-state index contributed by atoms with van der Waals surface area (Å²) in [6.45, 7) is 0.502. The predicted octanol–water partition coefficient (Wildman–Crippen LogP) is 3.06. The van der Waals surface area contributed by atoms with Gasteiger partial charge in [-0.05, 0) is 23.7 Å². The minimum Gasteiger partial charge on any atom is -0.340 e. The van der Waals surface area contributed by atoms with E-state index < -0.39 is 0 Å². The van der Waals surface area contributed by atoms with Gasteiger partial charge in [-0.25, -0.2) is 4.98 Å². The van der Waals surface area contributed by atoms with Crippen molar-refractivity contribution in [1.82, 2.24) is 19.9 Å². The maximum Gasteiger partial charge on any atom is 0.226 e. The minimum atomic E-state index is 0.127. The highest BCUT2D eigenvalue weighted by atomic mass is 35.5. The number of aromatic nitrogens is 4. The third kappa shape index (κ3) is 2.64. The van der Waals surface area contributed by atoms with Crippen molar-refractivity contribution >= 4 is 34.3 Å². The van der Waals surface area contributed by atoms with E-state index in [1.807, 2.05) is 35.2 Å². The molecule has 0 fully saturated rings. The molecule has 3 rings (SSSR count). The van der Waals surface area contributed by atoms with Crippen LogP contribution in [-0.4, -0.2) is 26.5 Å². The first-order valence-electron chi connectivity index (χ1n) is 6.36. The molecule has 7 heteroatoms. The van der Waals surface area contributed by atoms with Gasteiger partial charge in [0.05, 0.1) is 18.8 Å². The second-order valence-electron chi connectivity index (χ2n) is 4.31. The Morgan fingerprint density at radius 3 is 2.81 bits per heavy atom. The molecule has 0 radical (unpaired) electrons. The van der Waals surface area contributed by atoms with E-state index in [0.29, 0.717) is 29.9 Å². The second kappa shape index (κ2) is 5.77. The highest BCUT2D eigenvalue weighted by Gasteiger charge is 2.17. The number of fused-ring (bicyclic) bond motifs is 1. The summed E-state index contributed by atoms with van der Waals surface area (Å²) < 4.78 is 0. The fourth-order valence-corrected chi connectivity index (χ4v) is 2.27. The van der Waals surface area contributed by atoms with Crippen LogP contribution < -0.4 is 4.90 Å². The van der Waals surface area contributed by atoms with Crippen LogP contribution in [0, 0.1) is 11.3 Å². The Kier molecular flexibility index (Phi) is 3.67. The number of halogens is 1. The quantitative estimate of drug-likeness (QED) is 0.749. The maximum absolute atomic E-state index is 8.88. The molecule has 0 aliphatic heterocycles. The SMILES string of the molecule is N#CCCN(c1ccccc1)c1nc(Cl)nc2nc[nH]c12. The molecular weight excluding hydrogens is 288 g/mol. The summed E-state index contributed by atoms with van der Waals surface area (Å²) in [5.74, 6) is 0.615. The molecule has 0 bridgehead atoms. The van der Waals surface area contributed by atoms with Gasteiger partial charge in [-0.3, -0.25) is 0 Å². The van der Waals surface area contributed by atoms with Crippen molar-refractivity contribution in [3.8, 4) is 6.07 Å². The zero-order chi connectivity index (χ0) is 14.7. The van der Waals surface area contributed by atoms with Gasteiger partial charge in [0.15, 0.2) is 11.5 Å². The first-order chi connectivity index (χ1) is 10.3. The number of hydrogen-bond donors (Lipinski definition) is 1. The highest BCUT2D eigenvalue weighted by Crippen LogP contribution is 2.29. The zero-order valence-electron chi connectivity index (χ0n) is 11.0. The number of nitriles is 1. The van der Waals surface area contributed by atoms with Crippen LogP contribution in [-0.2, 0) is 0 Å². The molecule has 21 heavy (non-hydrogen) atoms. The molecule has 2 heterocycles. The molecule has 6 nitrogen and oxygen atoms in total. The lowest BCUT2D eigenvalue weighted by Crippen LogP contribution is -2.20. The normalized spacial score (nSPS) is 10.5. The van der Waals surface area contributed by atoms with Crippen molar-refractivity contribution in [1.29, 1.82) is 5.26 Å². The van der Waals surface area contributed by atoms with Gasteiger partial charge in [-0.15, -0.1) is 0 Å². The summed E-state index contributed by atoms with van der Waals surface area (Å²) in [5.41, 5.74) is 2.13. The summed E-state index contributed by atoms with van der Waals surface area (Å²) in [4.78, 5) is 17.4. The van der Waals surface area contributed by atoms with Crippen LogP contribution in [0.1, 0.15) is 6.42 Å². The summed E-state index contributed by atoms with van der Waals surface area (Å²) in [7, 11) is 0. The first-order valence-corrected chi connectivity index (χ1v) is 6.73. The molecule has 0 amide bonds. The summed E-state index contributed by atoms with van der Waals surface area (Å²) in [6, 6.07) is 11.9. The maximum atomic E-state index is 8.88. The number of nitrogens with zero attached hydrogens (tertiary/aromatic N) is 5. The number of hydrogen-bond acceptors (Lipinski definition) is 5. The van der Waals surface area contributed by atoms with Gasteiger partial charge < -0.3 is 9.88 Å². The van der Waals surface area contributed by atoms with Crippen LogP contribution in [0.15, 0.2) is 36.7 Å². The van der Waals surface area contributed by atoms with Crippen LogP contribution in [0.2, 0.25) is 5.28 Å². The molecule has 0 atom stereocenters. The van der Waals surface area contributed by atoms with Gasteiger partial charge in [0.1, 0.15) is 5.52 Å². The number of anilines is 2. The summed E-state index contributed by atoms with van der Waals surface area (Å²) in [5, 5.41) is 9.01. The van der Waals surface area contributed by atoms with E-state index in [1.165, 1.54) is 0 Å². The Morgan fingerprint density at radius 1 is 1.24 bits per heavy atom. The van der Waals surface area contributed by atoms with E-state index >= 15 is 0 Å². The molecule has 1 N–H and O–H groups in total. The van der Waals surface area contributed by atoms with Crippen molar-refractivity contribution in [2.75, 3.05) is 11.4 Å². The Balaban J connectivity index is 2.14. The fraction of sp³-hybridized carbons (Fsp3) is 0.143. The van der Waals surface area contributed by atoms with Gasteiger partial charge >= 0.3 is 0 Å². The van der Waals surface area contributed by atoms with Crippen LogP contribution in [0.3, 0.4) is 0 Å². The van der Waals surface area contributed by atoms with Crippen molar-refractivity contribution in [3.05, 3.63) is 41.9 Å². The lowest BCUT2D eigenvalue weighted by Gasteiger charge is -2.23. The van der Waals surface area contributed by atoms with Gasteiger partial charge in [0, 0.05) is 12.2 Å². The molecule has 0 unspecified atom stereocenters. The number of H-pyrrole nitrogens is 1. The number of nitrogens with one attached hydrogen (secondary N) is 1. The third-order valence-electron chi connectivity index (χ3n) is 3.01.